The molecule has 216 valence electrons. The molecule has 1 amide bonds. The molecule has 1 aliphatic rings. The summed E-state index contributed by atoms with van der Waals surface area (Å²) in [6.07, 6.45) is -0.486. The van der Waals surface area contributed by atoms with Gasteiger partial charge in [0.05, 0.1) is 28.2 Å². The van der Waals surface area contributed by atoms with Gasteiger partial charge in [0, 0.05) is 17.2 Å². The molecule has 4 rings (SSSR count). The first kappa shape index (κ1) is 30.5. The second-order valence-corrected chi connectivity index (χ2v) is 13.3. The van der Waals surface area contributed by atoms with E-state index in [1.54, 1.807) is 34.6 Å². The Kier molecular flexibility index (Phi) is 8.99. The van der Waals surface area contributed by atoms with Crippen LogP contribution >= 0.6 is 38.9 Å². The number of carbonyl (C=O) groups excluding carboxylic acids is 1. The summed E-state index contributed by atoms with van der Waals surface area (Å²) in [6.45, 7) is 13.0. The van der Waals surface area contributed by atoms with Crippen molar-refractivity contribution in [2.75, 3.05) is 13.2 Å². The van der Waals surface area contributed by atoms with E-state index in [0.29, 0.717) is 15.6 Å². The summed E-state index contributed by atoms with van der Waals surface area (Å²) < 4.78 is 38.8. The number of carbonyl (C=O) groups is 1. The van der Waals surface area contributed by atoms with E-state index in [0.717, 1.165) is 15.8 Å². The van der Waals surface area contributed by atoms with Crippen molar-refractivity contribution >= 4 is 45.0 Å². The van der Waals surface area contributed by atoms with Crippen LogP contribution < -0.4 is 9.47 Å². The first-order chi connectivity index (χ1) is 18.6. The zero-order chi connectivity index (χ0) is 29.4. The second-order valence-electron chi connectivity index (χ2n) is 11.1. The molecule has 8 nitrogen and oxygen atoms in total. The molecule has 1 aromatic heterocycles. The highest BCUT2D eigenvalue weighted by Crippen LogP contribution is 2.39. The minimum absolute atomic E-state index is 0.0103. The van der Waals surface area contributed by atoms with Gasteiger partial charge in [-0.15, -0.1) is 10.2 Å². The molecule has 1 atom stereocenters. The third-order valence-corrected chi connectivity index (χ3v) is 7.75. The van der Waals surface area contributed by atoms with Crippen LogP contribution in [0.3, 0.4) is 0 Å². The van der Waals surface area contributed by atoms with Crippen molar-refractivity contribution in [1.29, 1.82) is 0 Å². The van der Waals surface area contributed by atoms with Crippen LogP contribution in [0.1, 0.15) is 48.5 Å². The SMILES string of the molecule is CC(C)Oc1ccc(-c2nnc(-c3cc(F)c(OC[C@H]4COC(C)(C)N4C(=O)OC(C)(C)C)cc3Cl)s2)cc1Br. The summed E-state index contributed by atoms with van der Waals surface area (Å²) in [5.74, 6) is 0.0687. The fraction of sp³-hybridized carbons (Fsp3) is 0.464. The van der Waals surface area contributed by atoms with Crippen molar-refractivity contribution in [1.82, 2.24) is 15.1 Å². The molecule has 12 heteroatoms. The molecule has 0 N–H and O–H groups in total. The van der Waals surface area contributed by atoms with Crippen LogP contribution in [0.15, 0.2) is 34.8 Å². The summed E-state index contributed by atoms with van der Waals surface area (Å²) in [7, 11) is 0. The van der Waals surface area contributed by atoms with Gasteiger partial charge in [-0.3, -0.25) is 4.90 Å². The van der Waals surface area contributed by atoms with E-state index in [1.165, 1.54) is 28.4 Å². The van der Waals surface area contributed by atoms with Gasteiger partial charge in [0.25, 0.3) is 0 Å². The standard InChI is InChI=1S/C28H32BrClFN3O5S/c1-15(2)38-22-9-8-16(10-19(22)29)24-32-33-25(40-24)18-11-21(31)23(12-20(18)30)36-13-17-14-37-28(6,7)34(17)26(35)39-27(3,4)5/h8-12,15,17H,13-14H2,1-7H3/t17-/m0/s1. The first-order valence-corrected chi connectivity index (χ1v) is 14.7. The van der Waals surface area contributed by atoms with Gasteiger partial charge in [0.1, 0.15) is 33.7 Å². The molecule has 2 heterocycles. The van der Waals surface area contributed by atoms with Gasteiger partial charge < -0.3 is 18.9 Å². The molecule has 0 radical (unpaired) electrons. The highest BCUT2D eigenvalue weighted by Gasteiger charge is 2.46. The quantitative estimate of drug-likeness (QED) is 0.255. The molecular formula is C28H32BrClFN3O5S. The van der Waals surface area contributed by atoms with E-state index in [-0.39, 0.29) is 30.1 Å². The van der Waals surface area contributed by atoms with E-state index in [9.17, 15) is 4.79 Å². The van der Waals surface area contributed by atoms with Crippen LogP contribution in [0.25, 0.3) is 21.1 Å². The Bertz CT molecular complexity index is 1390. The van der Waals surface area contributed by atoms with Crippen molar-refractivity contribution in [3.05, 3.63) is 45.6 Å². The lowest BCUT2D eigenvalue weighted by Gasteiger charge is -2.35. The molecule has 0 aliphatic carbocycles. The van der Waals surface area contributed by atoms with Crippen LogP contribution in [-0.2, 0) is 9.47 Å². The number of hydrogen-bond acceptors (Lipinski definition) is 8. The molecule has 1 fully saturated rings. The van der Waals surface area contributed by atoms with Crippen LogP contribution in [0.2, 0.25) is 5.02 Å². The third kappa shape index (κ3) is 7.05. The fourth-order valence-electron chi connectivity index (χ4n) is 4.11. The van der Waals surface area contributed by atoms with E-state index in [1.807, 2.05) is 32.0 Å². The molecule has 0 saturated carbocycles. The number of hydrogen-bond donors (Lipinski definition) is 0. The normalized spacial score (nSPS) is 16.9. The third-order valence-electron chi connectivity index (χ3n) is 5.81. The van der Waals surface area contributed by atoms with Crippen molar-refractivity contribution < 1.29 is 28.1 Å². The van der Waals surface area contributed by atoms with Crippen LogP contribution in [0.5, 0.6) is 11.5 Å². The average molecular weight is 657 g/mol. The minimum atomic E-state index is -0.899. The van der Waals surface area contributed by atoms with Gasteiger partial charge in [0.15, 0.2) is 11.6 Å². The molecule has 0 unspecified atom stereocenters. The topological polar surface area (TPSA) is 83.0 Å². The van der Waals surface area contributed by atoms with Crippen LogP contribution in [0, 0.1) is 5.82 Å². The van der Waals surface area contributed by atoms with Crippen molar-refractivity contribution in [2.45, 2.75) is 71.9 Å². The summed E-state index contributed by atoms with van der Waals surface area (Å²) >= 11 is 11.4. The lowest BCUT2D eigenvalue weighted by atomic mass is 10.2. The zero-order valence-corrected chi connectivity index (χ0v) is 26.5. The van der Waals surface area contributed by atoms with Crippen molar-refractivity contribution in [3.63, 3.8) is 0 Å². The molecule has 40 heavy (non-hydrogen) atoms. The molecule has 1 aliphatic heterocycles. The Labute approximate surface area is 250 Å². The highest BCUT2D eigenvalue weighted by atomic mass is 79.9. The van der Waals surface area contributed by atoms with Crippen molar-refractivity contribution in [3.8, 4) is 32.6 Å². The minimum Gasteiger partial charge on any atom is -0.490 e. The predicted octanol–water partition coefficient (Wildman–Crippen LogP) is 7.97. The van der Waals surface area contributed by atoms with Crippen LogP contribution in [-0.4, -0.2) is 57.9 Å². The number of ether oxygens (including phenoxy) is 4. The molecule has 0 spiro atoms. The highest BCUT2D eigenvalue weighted by molar-refractivity contribution is 9.10. The molecular weight excluding hydrogens is 625 g/mol. The first-order valence-electron chi connectivity index (χ1n) is 12.7. The second kappa shape index (κ2) is 11.8. The van der Waals surface area contributed by atoms with E-state index in [4.69, 9.17) is 30.5 Å². The number of rotatable bonds is 7. The molecule has 3 aromatic rings. The lowest BCUT2D eigenvalue weighted by molar-refractivity contribution is -0.0637. The monoisotopic (exact) mass is 655 g/mol. The van der Waals surface area contributed by atoms with E-state index in [2.05, 4.69) is 26.1 Å². The summed E-state index contributed by atoms with van der Waals surface area (Å²) in [4.78, 5) is 14.3. The maximum Gasteiger partial charge on any atom is 0.413 e. The van der Waals surface area contributed by atoms with Crippen LogP contribution in [0.4, 0.5) is 9.18 Å². The lowest BCUT2D eigenvalue weighted by Crippen LogP contribution is -2.51. The molecule has 0 bridgehead atoms. The Balaban J connectivity index is 1.49. The Morgan fingerprint density at radius 3 is 2.58 bits per heavy atom. The van der Waals surface area contributed by atoms with Gasteiger partial charge in [0.2, 0.25) is 0 Å². The predicted molar refractivity (Wildman–Crippen MR) is 157 cm³/mol. The fourth-order valence-corrected chi connectivity index (χ4v) is 5.75. The summed E-state index contributed by atoms with van der Waals surface area (Å²) in [5, 5.41) is 9.87. The maximum atomic E-state index is 15.2. The van der Waals surface area contributed by atoms with Gasteiger partial charge in [-0.2, -0.15) is 0 Å². The number of benzene rings is 2. The number of amides is 1. The van der Waals surface area contributed by atoms with Gasteiger partial charge in [-0.1, -0.05) is 22.9 Å². The smallest absolute Gasteiger partial charge is 0.413 e. The number of halogens is 3. The molecule has 2 aromatic carbocycles. The Morgan fingerprint density at radius 2 is 1.93 bits per heavy atom. The summed E-state index contributed by atoms with van der Waals surface area (Å²) in [5.41, 5.74) is -0.346. The number of aromatic nitrogens is 2. The maximum absolute atomic E-state index is 15.2. The zero-order valence-electron chi connectivity index (χ0n) is 23.4. The average Bonchev–Trinajstić information content (AvgIpc) is 3.43. The van der Waals surface area contributed by atoms with Gasteiger partial charge in [-0.05, 0) is 88.7 Å². The van der Waals surface area contributed by atoms with E-state index < -0.39 is 29.3 Å². The number of nitrogens with zero attached hydrogens (tertiary/aromatic N) is 3. The van der Waals surface area contributed by atoms with Gasteiger partial charge >= 0.3 is 6.09 Å². The largest absolute Gasteiger partial charge is 0.490 e. The van der Waals surface area contributed by atoms with Gasteiger partial charge in [-0.25, -0.2) is 9.18 Å². The van der Waals surface area contributed by atoms with Crippen molar-refractivity contribution in [2.24, 2.45) is 0 Å². The Morgan fingerprint density at radius 1 is 1.23 bits per heavy atom. The van der Waals surface area contributed by atoms with E-state index >= 15 is 4.39 Å². The summed E-state index contributed by atoms with van der Waals surface area (Å²) in [6, 6.07) is 7.85. The molecule has 1 saturated heterocycles. The Hall–Kier alpha value is -2.47.